The molecule has 1 fully saturated rings. The second-order valence-corrected chi connectivity index (χ2v) is 8.96. The molecule has 0 saturated carbocycles. The Bertz CT molecular complexity index is 922. The fraction of sp³-hybridized carbons (Fsp3) is 0.476. The van der Waals surface area contributed by atoms with Crippen molar-refractivity contribution in [2.24, 2.45) is 7.05 Å². The van der Waals surface area contributed by atoms with E-state index in [9.17, 15) is 13.2 Å². The molecule has 1 aliphatic heterocycles. The summed E-state index contributed by atoms with van der Waals surface area (Å²) in [5, 5.41) is 0. The van der Waals surface area contributed by atoms with Crippen molar-refractivity contribution >= 4 is 15.9 Å². The molecule has 3 rings (SSSR count). The summed E-state index contributed by atoms with van der Waals surface area (Å²) in [5.74, 6) is 0.601. The van der Waals surface area contributed by atoms with Gasteiger partial charge in [0.1, 0.15) is 5.75 Å². The summed E-state index contributed by atoms with van der Waals surface area (Å²) < 4.78 is 34.9. The molecule has 2 aromatic rings. The molecule has 1 aliphatic rings. The van der Waals surface area contributed by atoms with Crippen LogP contribution < -0.4 is 9.46 Å². The molecule has 0 unspecified atom stereocenters. The first-order chi connectivity index (χ1) is 13.9. The molecule has 29 heavy (non-hydrogen) atoms. The number of hydrogen-bond donors (Lipinski definition) is 1. The van der Waals surface area contributed by atoms with E-state index >= 15 is 0 Å². The molecule has 2 heterocycles. The van der Waals surface area contributed by atoms with Crippen LogP contribution in [0.15, 0.2) is 47.5 Å². The minimum Gasteiger partial charge on any atom is -0.494 e. The predicted octanol–water partition coefficient (Wildman–Crippen LogP) is 2.85. The highest BCUT2D eigenvalue weighted by atomic mass is 32.2. The third kappa shape index (κ3) is 5.19. The maximum atomic E-state index is 12.8. The van der Waals surface area contributed by atoms with Gasteiger partial charge in [0.25, 0.3) is 0 Å². The van der Waals surface area contributed by atoms with Gasteiger partial charge in [-0.25, -0.2) is 13.1 Å². The van der Waals surface area contributed by atoms with Crippen molar-refractivity contribution < 1.29 is 17.9 Å². The summed E-state index contributed by atoms with van der Waals surface area (Å²) in [6, 6.07) is 10.3. The van der Waals surface area contributed by atoms with E-state index in [0.717, 1.165) is 25.0 Å². The SMILES string of the molecule is CCOc1ccc(S(=O)(=O)NCCC(=O)N2CCCC[C@H]2c2cccn2C)cc1. The molecule has 1 aromatic heterocycles. The minimum atomic E-state index is -3.66. The van der Waals surface area contributed by atoms with Gasteiger partial charge in [0.05, 0.1) is 17.5 Å². The Balaban J connectivity index is 1.58. The van der Waals surface area contributed by atoms with Crippen molar-refractivity contribution in [3.8, 4) is 5.75 Å². The third-order valence-corrected chi connectivity index (χ3v) is 6.70. The number of nitrogens with one attached hydrogen (secondary N) is 1. The summed E-state index contributed by atoms with van der Waals surface area (Å²) in [6.07, 6.45) is 5.12. The van der Waals surface area contributed by atoms with E-state index in [1.54, 1.807) is 12.1 Å². The zero-order chi connectivity index (χ0) is 20.9. The van der Waals surface area contributed by atoms with Crippen LogP contribution in [-0.4, -0.2) is 43.5 Å². The van der Waals surface area contributed by atoms with Gasteiger partial charge in [-0.3, -0.25) is 4.79 Å². The largest absolute Gasteiger partial charge is 0.494 e. The summed E-state index contributed by atoms with van der Waals surface area (Å²) in [6.45, 7) is 3.17. The number of ether oxygens (including phenoxy) is 1. The van der Waals surface area contributed by atoms with Crippen LogP contribution in [0.4, 0.5) is 0 Å². The average molecular weight is 420 g/mol. The van der Waals surface area contributed by atoms with Gasteiger partial charge in [-0.05, 0) is 62.6 Å². The number of aromatic nitrogens is 1. The lowest BCUT2D eigenvalue weighted by Gasteiger charge is -2.36. The van der Waals surface area contributed by atoms with Crippen LogP contribution in [0.3, 0.4) is 0 Å². The Labute approximate surface area is 172 Å². The number of carbonyl (C=O) groups excluding carboxylic acids is 1. The number of benzene rings is 1. The van der Waals surface area contributed by atoms with E-state index < -0.39 is 10.0 Å². The second kappa shape index (κ2) is 9.45. The first-order valence-corrected chi connectivity index (χ1v) is 11.5. The van der Waals surface area contributed by atoms with Gasteiger partial charge < -0.3 is 14.2 Å². The Morgan fingerprint density at radius 1 is 1.21 bits per heavy atom. The standard InChI is InChI=1S/C21H29N3O4S/c1-3-28-17-9-11-18(12-10-17)29(26,27)22-14-13-21(25)24-16-5-4-7-20(24)19-8-6-15-23(19)2/h6,8-12,15,20,22H,3-5,7,13-14,16H2,1-2H3/t20-/m0/s1. The van der Waals surface area contributed by atoms with E-state index in [1.165, 1.54) is 12.1 Å². The molecule has 7 nitrogen and oxygen atoms in total. The van der Waals surface area contributed by atoms with Crippen LogP contribution in [-0.2, 0) is 21.9 Å². The van der Waals surface area contributed by atoms with Crippen molar-refractivity contribution in [1.82, 2.24) is 14.2 Å². The van der Waals surface area contributed by atoms with Crippen molar-refractivity contribution in [2.75, 3.05) is 19.7 Å². The zero-order valence-electron chi connectivity index (χ0n) is 17.0. The molecule has 1 N–H and O–H groups in total. The van der Waals surface area contributed by atoms with Crippen LogP contribution in [0.1, 0.15) is 44.3 Å². The van der Waals surface area contributed by atoms with Crippen molar-refractivity contribution in [3.05, 3.63) is 48.3 Å². The monoisotopic (exact) mass is 419 g/mol. The summed E-state index contributed by atoms with van der Waals surface area (Å²) in [4.78, 5) is 14.9. The highest BCUT2D eigenvalue weighted by molar-refractivity contribution is 7.89. The topological polar surface area (TPSA) is 80.6 Å². The maximum Gasteiger partial charge on any atom is 0.240 e. The Morgan fingerprint density at radius 2 is 1.97 bits per heavy atom. The van der Waals surface area contributed by atoms with Gasteiger partial charge >= 0.3 is 0 Å². The number of sulfonamides is 1. The summed E-state index contributed by atoms with van der Waals surface area (Å²) in [5.41, 5.74) is 1.12. The number of carbonyl (C=O) groups is 1. The van der Waals surface area contributed by atoms with E-state index in [4.69, 9.17) is 4.74 Å². The predicted molar refractivity (Wildman–Crippen MR) is 111 cm³/mol. The fourth-order valence-electron chi connectivity index (χ4n) is 3.76. The van der Waals surface area contributed by atoms with E-state index in [0.29, 0.717) is 18.9 Å². The van der Waals surface area contributed by atoms with Crippen LogP contribution >= 0.6 is 0 Å². The summed E-state index contributed by atoms with van der Waals surface area (Å²) >= 11 is 0. The van der Waals surface area contributed by atoms with Crippen molar-refractivity contribution in [1.29, 1.82) is 0 Å². The lowest BCUT2D eigenvalue weighted by atomic mass is 9.99. The van der Waals surface area contributed by atoms with Crippen LogP contribution in [0.25, 0.3) is 0 Å². The van der Waals surface area contributed by atoms with Crippen LogP contribution in [0.5, 0.6) is 5.75 Å². The van der Waals surface area contributed by atoms with Crippen LogP contribution in [0.2, 0.25) is 0 Å². The first kappa shape index (κ1) is 21.4. The van der Waals surface area contributed by atoms with Gasteiger partial charge in [-0.15, -0.1) is 0 Å². The summed E-state index contributed by atoms with van der Waals surface area (Å²) in [7, 11) is -1.68. The highest BCUT2D eigenvalue weighted by Gasteiger charge is 2.29. The van der Waals surface area contributed by atoms with E-state index in [1.807, 2.05) is 41.8 Å². The second-order valence-electron chi connectivity index (χ2n) is 7.19. The highest BCUT2D eigenvalue weighted by Crippen LogP contribution is 2.31. The number of likely N-dealkylation sites (tertiary alicyclic amines) is 1. The number of piperidine rings is 1. The smallest absolute Gasteiger partial charge is 0.240 e. The zero-order valence-corrected chi connectivity index (χ0v) is 17.8. The molecular weight excluding hydrogens is 390 g/mol. The molecule has 158 valence electrons. The van der Waals surface area contributed by atoms with Gasteiger partial charge in [0, 0.05) is 38.4 Å². The van der Waals surface area contributed by atoms with Crippen LogP contribution in [0, 0.1) is 0 Å². The number of rotatable bonds is 8. The van der Waals surface area contributed by atoms with E-state index in [-0.39, 0.29) is 29.8 Å². The van der Waals surface area contributed by atoms with Crippen molar-refractivity contribution in [2.45, 2.75) is 43.5 Å². The number of nitrogens with zero attached hydrogens (tertiary/aromatic N) is 2. The molecule has 1 amide bonds. The number of hydrogen-bond acceptors (Lipinski definition) is 4. The quantitative estimate of drug-likeness (QED) is 0.713. The molecule has 0 spiro atoms. The molecule has 0 bridgehead atoms. The molecule has 8 heteroatoms. The Morgan fingerprint density at radius 3 is 2.62 bits per heavy atom. The normalized spacial score (nSPS) is 17.3. The van der Waals surface area contributed by atoms with Gasteiger partial charge in [0.2, 0.25) is 15.9 Å². The molecule has 0 radical (unpaired) electrons. The molecule has 0 aliphatic carbocycles. The molecule has 1 aromatic carbocycles. The molecular formula is C21H29N3O4S. The van der Waals surface area contributed by atoms with Crippen molar-refractivity contribution in [3.63, 3.8) is 0 Å². The molecule has 1 atom stereocenters. The lowest BCUT2D eigenvalue weighted by molar-refractivity contribution is -0.135. The molecule has 1 saturated heterocycles. The maximum absolute atomic E-state index is 12.8. The number of aryl methyl sites for hydroxylation is 1. The number of amides is 1. The van der Waals surface area contributed by atoms with E-state index in [2.05, 4.69) is 4.72 Å². The Hall–Kier alpha value is -2.32. The third-order valence-electron chi connectivity index (χ3n) is 5.22. The van der Waals surface area contributed by atoms with Gasteiger partial charge in [-0.2, -0.15) is 0 Å². The first-order valence-electron chi connectivity index (χ1n) is 10.1. The van der Waals surface area contributed by atoms with Gasteiger partial charge in [0.15, 0.2) is 0 Å². The fourth-order valence-corrected chi connectivity index (χ4v) is 4.79. The average Bonchev–Trinajstić information content (AvgIpc) is 3.14. The Kier molecular flexibility index (Phi) is 6.97. The lowest BCUT2D eigenvalue weighted by Crippen LogP contribution is -2.40. The van der Waals surface area contributed by atoms with Gasteiger partial charge in [-0.1, -0.05) is 0 Å². The minimum absolute atomic E-state index is 0.0229.